The summed E-state index contributed by atoms with van der Waals surface area (Å²) in [6.45, 7) is 1.94. The number of carbonyl (C=O) groups is 2. The summed E-state index contributed by atoms with van der Waals surface area (Å²) < 4.78 is 6.17. The number of ether oxygens (including phenoxy) is 1. The first-order chi connectivity index (χ1) is 14.9. The highest BCUT2D eigenvalue weighted by molar-refractivity contribution is 9.10. The molecule has 0 unspecified atom stereocenters. The number of Topliss-reactive ketones (excluding diaryl/α,β-unsaturated/α-hetero) is 1. The highest BCUT2D eigenvalue weighted by Crippen LogP contribution is 2.43. The minimum Gasteiger partial charge on any atom is -0.507 e. The van der Waals surface area contributed by atoms with Gasteiger partial charge in [-0.25, -0.2) is 0 Å². The van der Waals surface area contributed by atoms with Gasteiger partial charge in [-0.3, -0.25) is 14.5 Å². The lowest BCUT2D eigenvalue weighted by atomic mass is 9.95. The Morgan fingerprint density at radius 2 is 1.74 bits per heavy atom. The molecule has 1 N–H and O–H groups in total. The van der Waals surface area contributed by atoms with Crippen molar-refractivity contribution < 1.29 is 19.4 Å². The number of aliphatic hydroxyl groups is 1. The molecule has 0 spiro atoms. The van der Waals surface area contributed by atoms with Gasteiger partial charge in [0.05, 0.1) is 18.7 Å². The van der Waals surface area contributed by atoms with Crippen LogP contribution in [0.4, 0.5) is 5.69 Å². The molecule has 1 saturated heterocycles. The number of aryl methyl sites for hydroxylation is 1. The van der Waals surface area contributed by atoms with Gasteiger partial charge in [-0.1, -0.05) is 64.5 Å². The van der Waals surface area contributed by atoms with Crippen LogP contribution >= 0.6 is 15.9 Å². The van der Waals surface area contributed by atoms with Gasteiger partial charge in [0, 0.05) is 15.7 Å². The zero-order valence-electron chi connectivity index (χ0n) is 17.0. The number of hydrogen-bond donors (Lipinski definition) is 1. The molecule has 3 aromatic rings. The van der Waals surface area contributed by atoms with Crippen LogP contribution in [0.25, 0.3) is 5.76 Å². The summed E-state index contributed by atoms with van der Waals surface area (Å²) in [7, 11) is 1.55. The quantitative estimate of drug-likeness (QED) is 0.310. The average Bonchev–Trinajstić information content (AvgIpc) is 3.06. The normalized spacial score (nSPS) is 17.8. The standard InChI is InChI=1S/C25H20BrNO4/c1-15-11-12-18(14-20(15)26)27-22(17-9-6-10-19(13-17)31-2)21(24(29)25(27)30)23(28)16-7-4-3-5-8-16/h3-14,22,28H,1-2H3/t22-/m1/s1. The first kappa shape index (κ1) is 20.9. The van der Waals surface area contributed by atoms with Gasteiger partial charge in [-0.15, -0.1) is 0 Å². The predicted molar refractivity (Wildman–Crippen MR) is 123 cm³/mol. The van der Waals surface area contributed by atoms with E-state index in [-0.39, 0.29) is 11.3 Å². The third kappa shape index (κ3) is 3.75. The number of anilines is 1. The molecule has 1 amide bonds. The second-order valence-corrected chi connectivity index (χ2v) is 8.10. The van der Waals surface area contributed by atoms with Crippen molar-refractivity contribution >= 4 is 39.1 Å². The molecule has 0 bridgehead atoms. The summed E-state index contributed by atoms with van der Waals surface area (Å²) in [5.74, 6) is -1.04. The van der Waals surface area contributed by atoms with Crippen LogP contribution in [0.3, 0.4) is 0 Å². The third-order valence-electron chi connectivity index (χ3n) is 5.33. The third-order valence-corrected chi connectivity index (χ3v) is 6.19. The van der Waals surface area contributed by atoms with Crippen LogP contribution < -0.4 is 9.64 Å². The zero-order chi connectivity index (χ0) is 22.1. The molecule has 0 saturated carbocycles. The lowest BCUT2D eigenvalue weighted by Crippen LogP contribution is -2.29. The van der Waals surface area contributed by atoms with Gasteiger partial charge in [0.15, 0.2) is 0 Å². The number of benzene rings is 3. The largest absolute Gasteiger partial charge is 0.507 e. The van der Waals surface area contributed by atoms with Crippen molar-refractivity contribution in [1.29, 1.82) is 0 Å². The molecular formula is C25H20BrNO4. The maximum absolute atomic E-state index is 13.2. The molecule has 1 fully saturated rings. The van der Waals surface area contributed by atoms with Gasteiger partial charge in [-0.05, 0) is 42.3 Å². The van der Waals surface area contributed by atoms with Crippen molar-refractivity contribution in [2.75, 3.05) is 12.0 Å². The van der Waals surface area contributed by atoms with E-state index in [1.165, 1.54) is 4.90 Å². The van der Waals surface area contributed by atoms with E-state index in [9.17, 15) is 14.7 Å². The number of carbonyl (C=O) groups excluding carboxylic acids is 2. The Morgan fingerprint density at radius 3 is 2.42 bits per heavy atom. The fourth-order valence-electron chi connectivity index (χ4n) is 3.71. The first-order valence-electron chi connectivity index (χ1n) is 9.69. The molecule has 156 valence electrons. The van der Waals surface area contributed by atoms with Crippen molar-refractivity contribution in [3.05, 3.63) is 99.5 Å². The molecule has 5 nitrogen and oxygen atoms in total. The number of ketones is 1. The molecular weight excluding hydrogens is 458 g/mol. The second kappa shape index (κ2) is 8.40. The number of halogens is 1. The van der Waals surface area contributed by atoms with Gasteiger partial charge < -0.3 is 9.84 Å². The lowest BCUT2D eigenvalue weighted by Gasteiger charge is -2.26. The summed E-state index contributed by atoms with van der Waals surface area (Å²) >= 11 is 3.50. The van der Waals surface area contributed by atoms with Crippen LogP contribution in [-0.2, 0) is 9.59 Å². The lowest BCUT2D eigenvalue weighted by molar-refractivity contribution is -0.132. The summed E-state index contributed by atoms with van der Waals surface area (Å²) in [6.07, 6.45) is 0. The van der Waals surface area contributed by atoms with Crippen molar-refractivity contribution in [2.45, 2.75) is 13.0 Å². The highest BCUT2D eigenvalue weighted by Gasteiger charge is 2.47. The fraction of sp³-hybridized carbons (Fsp3) is 0.120. The number of hydrogen-bond acceptors (Lipinski definition) is 4. The number of rotatable bonds is 4. The summed E-state index contributed by atoms with van der Waals surface area (Å²) in [5.41, 5.74) is 2.73. The summed E-state index contributed by atoms with van der Waals surface area (Å²) in [6, 6.07) is 20.6. The molecule has 31 heavy (non-hydrogen) atoms. The van der Waals surface area contributed by atoms with Crippen molar-refractivity contribution in [3.63, 3.8) is 0 Å². The molecule has 4 rings (SSSR count). The molecule has 1 aliphatic heterocycles. The van der Waals surface area contributed by atoms with Gasteiger partial charge in [0.25, 0.3) is 11.7 Å². The Bertz CT molecular complexity index is 1200. The SMILES string of the molecule is COc1cccc([C@@H]2C(=C(O)c3ccccc3)C(=O)C(=O)N2c2ccc(C)c(Br)c2)c1. The van der Waals surface area contributed by atoms with E-state index < -0.39 is 17.7 Å². The Kier molecular flexibility index (Phi) is 5.65. The van der Waals surface area contributed by atoms with E-state index in [4.69, 9.17) is 4.74 Å². The van der Waals surface area contributed by atoms with E-state index in [0.29, 0.717) is 22.6 Å². The van der Waals surface area contributed by atoms with Crippen LogP contribution in [0.15, 0.2) is 82.8 Å². The summed E-state index contributed by atoms with van der Waals surface area (Å²) in [4.78, 5) is 27.7. The molecule has 6 heteroatoms. The molecule has 0 radical (unpaired) electrons. The zero-order valence-corrected chi connectivity index (χ0v) is 18.6. The fourth-order valence-corrected chi connectivity index (χ4v) is 4.08. The Balaban J connectivity index is 1.97. The molecule has 0 aliphatic carbocycles. The average molecular weight is 478 g/mol. The van der Waals surface area contributed by atoms with Crippen LogP contribution in [0.1, 0.15) is 22.7 Å². The van der Waals surface area contributed by atoms with E-state index in [1.54, 1.807) is 61.7 Å². The number of amides is 1. The highest BCUT2D eigenvalue weighted by atomic mass is 79.9. The van der Waals surface area contributed by atoms with Crippen molar-refractivity contribution in [2.24, 2.45) is 0 Å². The van der Waals surface area contributed by atoms with E-state index in [2.05, 4.69) is 15.9 Å². The van der Waals surface area contributed by atoms with Crippen molar-refractivity contribution in [3.8, 4) is 5.75 Å². The van der Waals surface area contributed by atoms with E-state index in [0.717, 1.165) is 10.0 Å². The van der Waals surface area contributed by atoms with Crippen LogP contribution in [-0.4, -0.2) is 23.9 Å². The monoisotopic (exact) mass is 477 g/mol. The topological polar surface area (TPSA) is 66.8 Å². The number of aliphatic hydroxyl groups excluding tert-OH is 1. The molecule has 3 aromatic carbocycles. The second-order valence-electron chi connectivity index (χ2n) is 7.25. The molecule has 1 atom stereocenters. The maximum Gasteiger partial charge on any atom is 0.300 e. The van der Waals surface area contributed by atoms with E-state index >= 15 is 0 Å². The maximum atomic E-state index is 13.2. The van der Waals surface area contributed by atoms with Crippen LogP contribution in [0.5, 0.6) is 5.75 Å². The predicted octanol–water partition coefficient (Wildman–Crippen LogP) is 5.39. The van der Waals surface area contributed by atoms with Gasteiger partial charge in [-0.2, -0.15) is 0 Å². The Hall–Kier alpha value is -3.38. The van der Waals surface area contributed by atoms with Crippen LogP contribution in [0.2, 0.25) is 0 Å². The van der Waals surface area contributed by atoms with Gasteiger partial charge in [0.2, 0.25) is 0 Å². The summed E-state index contributed by atoms with van der Waals surface area (Å²) in [5, 5.41) is 11.1. The smallest absolute Gasteiger partial charge is 0.300 e. The Morgan fingerprint density at radius 1 is 1.00 bits per heavy atom. The van der Waals surface area contributed by atoms with Gasteiger partial charge >= 0.3 is 0 Å². The van der Waals surface area contributed by atoms with E-state index in [1.807, 2.05) is 25.1 Å². The van der Waals surface area contributed by atoms with Crippen molar-refractivity contribution in [1.82, 2.24) is 0 Å². The minimum atomic E-state index is -0.801. The minimum absolute atomic E-state index is 0.0427. The molecule has 1 aliphatic rings. The van der Waals surface area contributed by atoms with Gasteiger partial charge in [0.1, 0.15) is 11.5 Å². The Labute approximate surface area is 188 Å². The molecule has 1 heterocycles. The van der Waals surface area contributed by atoms with Crippen LogP contribution in [0, 0.1) is 6.92 Å². The first-order valence-corrected chi connectivity index (χ1v) is 10.5. The number of nitrogens with zero attached hydrogens (tertiary/aromatic N) is 1. The number of methoxy groups -OCH3 is 1. The molecule has 0 aromatic heterocycles.